The van der Waals surface area contributed by atoms with Gasteiger partial charge in [0.1, 0.15) is 5.75 Å². The first-order valence-electron chi connectivity index (χ1n) is 3.51. The maximum Gasteiger partial charge on any atom is 0.188 e. The molecule has 0 heterocycles. The van der Waals surface area contributed by atoms with E-state index in [0.29, 0.717) is 17.1 Å². The molecule has 0 aliphatic heterocycles. The number of hydrogen-bond donors (Lipinski definition) is 2. The first-order valence-corrected chi connectivity index (χ1v) is 3.51. The van der Waals surface area contributed by atoms with Crippen molar-refractivity contribution in [3.8, 4) is 5.75 Å². The maximum atomic E-state index is 5.55. The van der Waals surface area contributed by atoms with Gasteiger partial charge >= 0.3 is 0 Å². The fraction of sp³-hybridized carbons (Fsp3) is 0.250. The van der Waals surface area contributed by atoms with Crippen LogP contribution in [-0.4, -0.2) is 13.9 Å². The molecule has 0 bridgehead atoms. The van der Waals surface area contributed by atoms with E-state index in [1.807, 2.05) is 0 Å². The van der Waals surface area contributed by atoms with Gasteiger partial charge in [-0.15, -0.1) is 0 Å². The third kappa shape index (κ3) is 2.03. The molecule has 1 aromatic rings. The number of anilines is 2. The number of rotatable bonds is 3. The first kappa shape index (κ1) is 8.67. The maximum absolute atomic E-state index is 5.55. The van der Waals surface area contributed by atoms with E-state index in [1.165, 1.54) is 0 Å². The summed E-state index contributed by atoms with van der Waals surface area (Å²) in [6.45, 7) is 0.212. The van der Waals surface area contributed by atoms with E-state index < -0.39 is 0 Å². The van der Waals surface area contributed by atoms with Gasteiger partial charge < -0.3 is 20.9 Å². The lowest BCUT2D eigenvalue weighted by atomic mass is 10.2. The van der Waals surface area contributed by atoms with Gasteiger partial charge in [0.05, 0.1) is 11.4 Å². The zero-order valence-electron chi connectivity index (χ0n) is 6.91. The molecular formula is C8H12N2O2. The minimum absolute atomic E-state index is 0.212. The van der Waals surface area contributed by atoms with Gasteiger partial charge in [0, 0.05) is 13.2 Å². The summed E-state index contributed by atoms with van der Waals surface area (Å²) in [5, 5.41) is 0. The second kappa shape index (κ2) is 3.82. The van der Waals surface area contributed by atoms with Crippen LogP contribution in [0.4, 0.5) is 11.4 Å². The van der Waals surface area contributed by atoms with Crippen LogP contribution < -0.4 is 16.2 Å². The van der Waals surface area contributed by atoms with E-state index in [2.05, 4.69) is 0 Å². The lowest BCUT2D eigenvalue weighted by molar-refractivity contribution is 0.0512. The number of benzene rings is 1. The molecule has 0 saturated heterocycles. The molecule has 12 heavy (non-hydrogen) atoms. The number of hydrogen-bond acceptors (Lipinski definition) is 4. The summed E-state index contributed by atoms with van der Waals surface area (Å²) in [6.07, 6.45) is 0. The molecular weight excluding hydrogens is 156 g/mol. The Morgan fingerprint density at radius 2 is 2.00 bits per heavy atom. The molecule has 4 nitrogen and oxygen atoms in total. The molecule has 0 atom stereocenters. The molecule has 0 fully saturated rings. The van der Waals surface area contributed by atoms with Gasteiger partial charge in [-0.1, -0.05) is 0 Å². The minimum atomic E-state index is 0.212. The van der Waals surface area contributed by atoms with Crippen molar-refractivity contribution >= 4 is 11.4 Å². The van der Waals surface area contributed by atoms with Crippen molar-refractivity contribution < 1.29 is 9.47 Å². The average molecular weight is 168 g/mol. The van der Waals surface area contributed by atoms with Crippen molar-refractivity contribution in [3.63, 3.8) is 0 Å². The highest BCUT2D eigenvalue weighted by molar-refractivity contribution is 5.65. The van der Waals surface area contributed by atoms with Crippen LogP contribution in [0.1, 0.15) is 0 Å². The molecule has 0 unspecified atom stereocenters. The molecule has 0 spiro atoms. The van der Waals surface area contributed by atoms with Gasteiger partial charge in [-0.2, -0.15) is 0 Å². The third-order valence-electron chi connectivity index (χ3n) is 1.40. The van der Waals surface area contributed by atoms with E-state index in [1.54, 1.807) is 25.3 Å². The number of methoxy groups -OCH3 is 1. The quantitative estimate of drug-likeness (QED) is 0.518. The predicted octanol–water partition coefficient (Wildman–Crippen LogP) is 0.834. The van der Waals surface area contributed by atoms with E-state index >= 15 is 0 Å². The van der Waals surface area contributed by atoms with E-state index in [0.717, 1.165) is 0 Å². The number of nitrogens with two attached hydrogens (primary N) is 2. The summed E-state index contributed by atoms with van der Waals surface area (Å²) in [4.78, 5) is 0. The Balaban J connectivity index is 2.69. The molecule has 1 aromatic carbocycles. The Hall–Kier alpha value is -1.42. The predicted molar refractivity (Wildman–Crippen MR) is 47.8 cm³/mol. The summed E-state index contributed by atoms with van der Waals surface area (Å²) >= 11 is 0. The van der Waals surface area contributed by atoms with Crippen LogP contribution in [0, 0.1) is 0 Å². The van der Waals surface area contributed by atoms with Crippen molar-refractivity contribution in [1.82, 2.24) is 0 Å². The van der Waals surface area contributed by atoms with Crippen molar-refractivity contribution in [2.24, 2.45) is 0 Å². The van der Waals surface area contributed by atoms with Gasteiger partial charge in [-0.05, 0) is 12.1 Å². The Kier molecular flexibility index (Phi) is 2.76. The fourth-order valence-corrected chi connectivity index (χ4v) is 0.770. The smallest absolute Gasteiger partial charge is 0.188 e. The Morgan fingerprint density at radius 1 is 1.25 bits per heavy atom. The Bertz CT molecular complexity index is 263. The standard InChI is InChI=1S/C8H12N2O2/c1-11-5-12-6-2-3-7(9)8(10)4-6/h2-4H,5,9-10H2,1H3. The lowest BCUT2D eigenvalue weighted by Crippen LogP contribution is -2.00. The van der Waals surface area contributed by atoms with E-state index in [4.69, 9.17) is 20.9 Å². The van der Waals surface area contributed by atoms with E-state index in [-0.39, 0.29) is 6.79 Å². The van der Waals surface area contributed by atoms with Crippen molar-refractivity contribution in [2.75, 3.05) is 25.4 Å². The van der Waals surface area contributed by atoms with Crippen LogP contribution in [0.15, 0.2) is 18.2 Å². The summed E-state index contributed by atoms with van der Waals surface area (Å²) in [6, 6.07) is 5.10. The van der Waals surface area contributed by atoms with Crippen LogP contribution in [0.25, 0.3) is 0 Å². The molecule has 0 amide bonds. The molecule has 4 heteroatoms. The zero-order chi connectivity index (χ0) is 8.97. The molecule has 0 aliphatic rings. The largest absolute Gasteiger partial charge is 0.467 e. The van der Waals surface area contributed by atoms with Crippen LogP contribution in [0.2, 0.25) is 0 Å². The lowest BCUT2D eigenvalue weighted by Gasteiger charge is -2.06. The summed E-state index contributed by atoms with van der Waals surface area (Å²) in [7, 11) is 1.56. The van der Waals surface area contributed by atoms with Crippen LogP contribution in [-0.2, 0) is 4.74 Å². The fourth-order valence-electron chi connectivity index (χ4n) is 0.770. The summed E-state index contributed by atoms with van der Waals surface area (Å²) < 4.78 is 9.85. The Morgan fingerprint density at radius 3 is 2.58 bits per heavy atom. The second-order valence-electron chi connectivity index (χ2n) is 2.34. The summed E-state index contributed by atoms with van der Waals surface area (Å²) in [5.41, 5.74) is 12.1. The molecule has 0 radical (unpaired) electrons. The van der Waals surface area contributed by atoms with Gasteiger partial charge in [-0.25, -0.2) is 0 Å². The molecule has 0 aliphatic carbocycles. The number of ether oxygens (including phenoxy) is 2. The molecule has 66 valence electrons. The normalized spacial score (nSPS) is 9.75. The van der Waals surface area contributed by atoms with Gasteiger partial charge in [0.2, 0.25) is 0 Å². The highest BCUT2D eigenvalue weighted by Crippen LogP contribution is 2.21. The van der Waals surface area contributed by atoms with Gasteiger partial charge in [-0.3, -0.25) is 0 Å². The molecule has 0 saturated carbocycles. The second-order valence-corrected chi connectivity index (χ2v) is 2.34. The van der Waals surface area contributed by atoms with Crippen LogP contribution in [0.5, 0.6) is 5.75 Å². The Labute approximate surface area is 71.1 Å². The van der Waals surface area contributed by atoms with Crippen LogP contribution in [0.3, 0.4) is 0 Å². The van der Waals surface area contributed by atoms with Crippen molar-refractivity contribution in [2.45, 2.75) is 0 Å². The first-order chi connectivity index (χ1) is 5.74. The highest BCUT2D eigenvalue weighted by Gasteiger charge is 1.96. The highest BCUT2D eigenvalue weighted by atomic mass is 16.7. The molecule has 0 aromatic heterocycles. The van der Waals surface area contributed by atoms with Gasteiger partial charge in [0.15, 0.2) is 6.79 Å². The topological polar surface area (TPSA) is 70.5 Å². The third-order valence-corrected chi connectivity index (χ3v) is 1.40. The van der Waals surface area contributed by atoms with Crippen molar-refractivity contribution in [3.05, 3.63) is 18.2 Å². The average Bonchev–Trinajstić information content (AvgIpc) is 2.07. The minimum Gasteiger partial charge on any atom is -0.467 e. The monoisotopic (exact) mass is 168 g/mol. The molecule has 1 rings (SSSR count). The summed E-state index contributed by atoms with van der Waals surface area (Å²) in [5.74, 6) is 0.656. The molecule has 4 N–H and O–H groups in total. The van der Waals surface area contributed by atoms with Crippen LogP contribution >= 0.6 is 0 Å². The zero-order valence-corrected chi connectivity index (χ0v) is 6.91. The van der Waals surface area contributed by atoms with Gasteiger partial charge in [0.25, 0.3) is 0 Å². The number of nitrogen functional groups attached to an aromatic ring is 2. The van der Waals surface area contributed by atoms with Crippen molar-refractivity contribution in [1.29, 1.82) is 0 Å². The van der Waals surface area contributed by atoms with E-state index in [9.17, 15) is 0 Å². The SMILES string of the molecule is COCOc1ccc(N)c(N)c1.